The van der Waals surface area contributed by atoms with Crippen LogP contribution in [0.5, 0.6) is 0 Å². The Hall–Kier alpha value is -2.22. The second kappa shape index (κ2) is 4.22. The molecule has 0 aliphatic rings. The topological polar surface area (TPSA) is 25.8 Å². The zero-order chi connectivity index (χ0) is 12.5. The number of rotatable bonds is 1. The van der Waals surface area contributed by atoms with E-state index in [9.17, 15) is 0 Å². The van der Waals surface area contributed by atoms with Gasteiger partial charge in [0.2, 0.25) is 0 Å². The molecule has 0 aliphatic carbocycles. The summed E-state index contributed by atoms with van der Waals surface area (Å²) < 4.78 is 0. The van der Waals surface area contributed by atoms with E-state index in [0.29, 0.717) is 0 Å². The molecule has 0 bridgehead atoms. The van der Waals surface area contributed by atoms with E-state index in [-0.39, 0.29) is 0 Å². The summed E-state index contributed by atoms with van der Waals surface area (Å²) in [5, 5.41) is 2.40. The first-order chi connectivity index (χ1) is 8.74. The molecular formula is C16H14N2. The van der Waals surface area contributed by atoms with Gasteiger partial charge in [-0.1, -0.05) is 12.1 Å². The molecule has 3 rings (SSSR count). The number of hydrogen-bond donors (Lipinski definition) is 0. The lowest BCUT2D eigenvalue weighted by Gasteiger charge is -2.06. The average Bonchev–Trinajstić information content (AvgIpc) is 2.39. The molecule has 88 valence electrons. The van der Waals surface area contributed by atoms with E-state index in [4.69, 9.17) is 0 Å². The molecule has 0 saturated heterocycles. The van der Waals surface area contributed by atoms with Crippen molar-refractivity contribution in [3.63, 3.8) is 0 Å². The average molecular weight is 234 g/mol. The van der Waals surface area contributed by atoms with Crippen molar-refractivity contribution in [2.45, 2.75) is 13.8 Å². The number of benzene rings is 1. The van der Waals surface area contributed by atoms with Crippen LogP contribution in [-0.2, 0) is 0 Å². The van der Waals surface area contributed by atoms with Crippen LogP contribution in [0.1, 0.15) is 11.3 Å². The number of aryl methyl sites for hydroxylation is 2. The molecule has 2 heteroatoms. The van der Waals surface area contributed by atoms with Gasteiger partial charge in [-0.3, -0.25) is 9.97 Å². The Morgan fingerprint density at radius 2 is 1.78 bits per heavy atom. The fraction of sp³-hybridized carbons (Fsp3) is 0.125. The molecule has 0 spiro atoms. The molecule has 0 fully saturated rings. The first-order valence-electron chi connectivity index (χ1n) is 6.01. The van der Waals surface area contributed by atoms with E-state index in [0.717, 1.165) is 5.69 Å². The van der Waals surface area contributed by atoms with Crippen LogP contribution in [0.3, 0.4) is 0 Å². The normalized spacial score (nSPS) is 10.8. The number of hydrogen-bond acceptors (Lipinski definition) is 2. The minimum atomic E-state index is 1.05. The fourth-order valence-electron chi connectivity index (χ4n) is 2.19. The van der Waals surface area contributed by atoms with Crippen LogP contribution in [0.15, 0.2) is 48.9 Å². The molecule has 0 atom stereocenters. The third kappa shape index (κ3) is 1.86. The van der Waals surface area contributed by atoms with Gasteiger partial charge >= 0.3 is 0 Å². The van der Waals surface area contributed by atoms with E-state index < -0.39 is 0 Å². The maximum atomic E-state index is 4.35. The van der Waals surface area contributed by atoms with Crippen LogP contribution >= 0.6 is 0 Å². The van der Waals surface area contributed by atoms with Crippen LogP contribution in [0.4, 0.5) is 0 Å². The van der Waals surface area contributed by atoms with E-state index in [1.807, 2.05) is 31.6 Å². The molecule has 2 nitrogen and oxygen atoms in total. The van der Waals surface area contributed by atoms with Crippen LogP contribution in [-0.4, -0.2) is 9.97 Å². The zero-order valence-corrected chi connectivity index (χ0v) is 10.5. The minimum Gasteiger partial charge on any atom is -0.264 e. The third-order valence-electron chi connectivity index (χ3n) is 3.21. The molecule has 0 amide bonds. The van der Waals surface area contributed by atoms with Crippen molar-refractivity contribution in [1.82, 2.24) is 9.97 Å². The predicted octanol–water partition coefficient (Wildman–Crippen LogP) is 3.91. The quantitative estimate of drug-likeness (QED) is 0.638. The van der Waals surface area contributed by atoms with Crippen molar-refractivity contribution >= 4 is 10.8 Å². The van der Waals surface area contributed by atoms with Gasteiger partial charge in [0.1, 0.15) is 0 Å². The van der Waals surface area contributed by atoms with Gasteiger partial charge in [-0.2, -0.15) is 0 Å². The van der Waals surface area contributed by atoms with Gasteiger partial charge < -0.3 is 0 Å². The van der Waals surface area contributed by atoms with Crippen molar-refractivity contribution in [3.05, 3.63) is 60.2 Å². The van der Waals surface area contributed by atoms with E-state index in [2.05, 4.69) is 41.2 Å². The van der Waals surface area contributed by atoms with Gasteiger partial charge in [0.25, 0.3) is 0 Å². The Morgan fingerprint density at radius 3 is 2.61 bits per heavy atom. The van der Waals surface area contributed by atoms with Crippen molar-refractivity contribution in [2.24, 2.45) is 0 Å². The zero-order valence-electron chi connectivity index (χ0n) is 10.5. The predicted molar refractivity (Wildman–Crippen MR) is 74.4 cm³/mol. The summed E-state index contributed by atoms with van der Waals surface area (Å²) in [4.78, 5) is 8.55. The highest BCUT2D eigenvalue weighted by Gasteiger charge is 2.03. The molecule has 0 unspecified atom stereocenters. The Kier molecular flexibility index (Phi) is 2.56. The monoisotopic (exact) mass is 234 g/mol. The molecule has 0 saturated carbocycles. The lowest BCUT2D eigenvalue weighted by molar-refractivity contribution is 1.22. The number of fused-ring (bicyclic) bond motifs is 1. The second-order valence-electron chi connectivity index (χ2n) is 4.58. The van der Waals surface area contributed by atoms with Crippen LogP contribution in [0.25, 0.3) is 21.9 Å². The summed E-state index contributed by atoms with van der Waals surface area (Å²) in [5.74, 6) is 0. The van der Waals surface area contributed by atoms with E-state index >= 15 is 0 Å². The van der Waals surface area contributed by atoms with E-state index in [1.54, 1.807) is 0 Å². The number of pyridine rings is 2. The van der Waals surface area contributed by atoms with Crippen LogP contribution in [0.2, 0.25) is 0 Å². The highest BCUT2D eigenvalue weighted by molar-refractivity contribution is 5.87. The molecule has 2 heterocycles. The summed E-state index contributed by atoms with van der Waals surface area (Å²) >= 11 is 0. The highest BCUT2D eigenvalue weighted by atomic mass is 14.7. The van der Waals surface area contributed by atoms with Crippen molar-refractivity contribution in [3.8, 4) is 11.1 Å². The maximum Gasteiger partial charge on any atom is 0.0379 e. The summed E-state index contributed by atoms with van der Waals surface area (Å²) in [6.07, 6.45) is 5.67. The Morgan fingerprint density at radius 1 is 0.889 bits per heavy atom. The van der Waals surface area contributed by atoms with Gasteiger partial charge in [0.05, 0.1) is 0 Å². The molecular weight excluding hydrogens is 220 g/mol. The van der Waals surface area contributed by atoms with Gasteiger partial charge in [-0.25, -0.2) is 0 Å². The Balaban J connectivity index is 2.20. The number of nitrogens with zero attached hydrogens (tertiary/aromatic N) is 2. The van der Waals surface area contributed by atoms with Crippen LogP contribution in [0, 0.1) is 13.8 Å². The molecule has 3 aromatic rings. The van der Waals surface area contributed by atoms with Crippen molar-refractivity contribution < 1.29 is 0 Å². The Bertz CT molecular complexity index is 717. The molecule has 0 N–H and O–H groups in total. The molecule has 0 radical (unpaired) electrons. The first-order valence-corrected chi connectivity index (χ1v) is 6.01. The van der Waals surface area contributed by atoms with Crippen molar-refractivity contribution in [1.29, 1.82) is 0 Å². The lowest BCUT2D eigenvalue weighted by Crippen LogP contribution is -1.86. The standard InChI is InChI=1S/C16H14N2/c1-11-5-6-17-10-16(11)14-4-3-13-7-12(2)18-9-15(13)8-14/h3-10H,1-2H3. The highest BCUT2D eigenvalue weighted by Crippen LogP contribution is 2.26. The van der Waals surface area contributed by atoms with E-state index in [1.165, 1.54) is 27.5 Å². The first kappa shape index (κ1) is 10.9. The molecule has 2 aromatic heterocycles. The largest absolute Gasteiger partial charge is 0.264 e. The SMILES string of the molecule is Cc1cc2ccc(-c3cnccc3C)cc2cn1. The van der Waals surface area contributed by atoms with Gasteiger partial charge in [-0.15, -0.1) is 0 Å². The fourth-order valence-corrected chi connectivity index (χ4v) is 2.19. The summed E-state index contributed by atoms with van der Waals surface area (Å²) in [7, 11) is 0. The van der Waals surface area contributed by atoms with Gasteiger partial charge in [0.15, 0.2) is 0 Å². The second-order valence-corrected chi connectivity index (χ2v) is 4.58. The van der Waals surface area contributed by atoms with Crippen LogP contribution < -0.4 is 0 Å². The molecule has 18 heavy (non-hydrogen) atoms. The summed E-state index contributed by atoms with van der Waals surface area (Å²) in [5.41, 5.74) is 4.66. The third-order valence-corrected chi connectivity index (χ3v) is 3.21. The summed E-state index contributed by atoms with van der Waals surface area (Å²) in [6, 6.07) is 10.6. The lowest BCUT2D eigenvalue weighted by atomic mass is 10.0. The molecule has 0 aliphatic heterocycles. The number of aromatic nitrogens is 2. The Labute approximate surface area is 106 Å². The van der Waals surface area contributed by atoms with Gasteiger partial charge in [-0.05, 0) is 48.6 Å². The van der Waals surface area contributed by atoms with Crippen molar-refractivity contribution in [2.75, 3.05) is 0 Å². The molecule has 1 aromatic carbocycles. The minimum absolute atomic E-state index is 1.05. The summed E-state index contributed by atoms with van der Waals surface area (Å²) in [6.45, 7) is 4.12. The smallest absolute Gasteiger partial charge is 0.0379 e. The maximum absolute atomic E-state index is 4.35. The van der Waals surface area contributed by atoms with Gasteiger partial charge in [0, 0.05) is 35.2 Å².